The van der Waals surface area contributed by atoms with Gasteiger partial charge < -0.3 is 15.3 Å². The highest BCUT2D eigenvalue weighted by atomic mass is 16.4. The van der Waals surface area contributed by atoms with Crippen molar-refractivity contribution in [2.24, 2.45) is 0 Å². The largest absolute Gasteiger partial charge is 0.478 e. The number of anilines is 1. The Morgan fingerprint density at radius 1 is 1.40 bits per heavy atom. The van der Waals surface area contributed by atoms with Crippen LogP contribution < -0.4 is 5.32 Å². The van der Waals surface area contributed by atoms with E-state index in [9.17, 15) is 4.79 Å². The van der Waals surface area contributed by atoms with Crippen LogP contribution in [-0.4, -0.2) is 43.2 Å². The predicted octanol–water partition coefficient (Wildman–Crippen LogP) is 1.36. The summed E-state index contributed by atoms with van der Waals surface area (Å²) in [6.45, 7) is 1.60. The fourth-order valence-corrected chi connectivity index (χ4v) is 1.24. The second-order valence-electron chi connectivity index (χ2n) is 3.58. The lowest BCUT2D eigenvalue weighted by Crippen LogP contribution is -2.21. The quantitative estimate of drug-likeness (QED) is 0.767. The Labute approximate surface area is 89.5 Å². The fourth-order valence-electron chi connectivity index (χ4n) is 1.24. The zero-order valence-corrected chi connectivity index (χ0v) is 9.03. The number of rotatable bonds is 5. The van der Waals surface area contributed by atoms with E-state index in [1.54, 1.807) is 18.2 Å². The van der Waals surface area contributed by atoms with Crippen LogP contribution in [0.2, 0.25) is 0 Å². The number of hydrogen-bond acceptors (Lipinski definition) is 3. The third-order valence-electron chi connectivity index (χ3n) is 2.03. The van der Waals surface area contributed by atoms with Crippen molar-refractivity contribution in [1.82, 2.24) is 4.90 Å². The molecule has 0 fully saturated rings. The van der Waals surface area contributed by atoms with Gasteiger partial charge in [0.2, 0.25) is 0 Å². The first-order chi connectivity index (χ1) is 7.11. The molecular formula is C11H16N2O2. The lowest BCUT2D eigenvalue weighted by molar-refractivity contribution is 0.0698. The number of benzene rings is 1. The molecule has 2 N–H and O–H groups in total. The Morgan fingerprint density at radius 2 is 2.07 bits per heavy atom. The molecule has 4 nitrogen and oxygen atoms in total. The number of para-hydroxylation sites is 1. The van der Waals surface area contributed by atoms with Crippen LogP contribution in [0.3, 0.4) is 0 Å². The van der Waals surface area contributed by atoms with Crippen LogP contribution in [0, 0.1) is 0 Å². The van der Waals surface area contributed by atoms with Crippen molar-refractivity contribution in [3.63, 3.8) is 0 Å². The smallest absolute Gasteiger partial charge is 0.337 e. The van der Waals surface area contributed by atoms with E-state index < -0.39 is 5.97 Å². The van der Waals surface area contributed by atoms with Crippen LogP contribution >= 0.6 is 0 Å². The lowest BCUT2D eigenvalue weighted by Gasteiger charge is -2.12. The number of nitrogens with zero attached hydrogens (tertiary/aromatic N) is 1. The van der Waals surface area contributed by atoms with Crippen molar-refractivity contribution in [1.29, 1.82) is 0 Å². The molecule has 1 aromatic carbocycles. The molecule has 0 amide bonds. The van der Waals surface area contributed by atoms with Gasteiger partial charge in [-0.15, -0.1) is 0 Å². The van der Waals surface area contributed by atoms with E-state index in [-0.39, 0.29) is 0 Å². The molecule has 0 unspecified atom stereocenters. The van der Waals surface area contributed by atoms with Crippen LogP contribution in [0.5, 0.6) is 0 Å². The van der Waals surface area contributed by atoms with Crippen LogP contribution in [0.4, 0.5) is 5.69 Å². The van der Waals surface area contributed by atoms with Gasteiger partial charge in [0, 0.05) is 18.8 Å². The Bertz CT molecular complexity index is 337. The SMILES string of the molecule is CN(C)CCNc1ccccc1C(=O)O. The molecule has 4 heteroatoms. The molecular weight excluding hydrogens is 192 g/mol. The number of hydrogen-bond donors (Lipinski definition) is 2. The van der Waals surface area contributed by atoms with Crippen molar-refractivity contribution < 1.29 is 9.90 Å². The molecule has 0 bridgehead atoms. The zero-order valence-electron chi connectivity index (χ0n) is 9.03. The second kappa shape index (κ2) is 5.36. The lowest BCUT2D eigenvalue weighted by atomic mass is 10.2. The summed E-state index contributed by atoms with van der Waals surface area (Å²) >= 11 is 0. The zero-order chi connectivity index (χ0) is 11.3. The Balaban J connectivity index is 2.63. The van der Waals surface area contributed by atoms with Gasteiger partial charge in [0.05, 0.1) is 5.56 Å². The number of carbonyl (C=O) groups is 1. The molecule has 0 radical (unpaired) electrons. The predicted molar refractivity (Wildman–Crippen MR) is 60.4 cm³/mol. The summed E-state index contributed by atoms with van der Waals surface area (Å²) in [5.41, 5.74) is 0.989. The standard InChI is InChI=1S/C11H16N2O2/c1-13(2)8-7-12-10-6-4-3-5-9(10)11(14)15/h3-6,12H,7-8H2,1-2H3,(H,14,15). The average molecular weight is 208 g/mol. The maximum Gasteiger partial charge on any atom is 0.337 e. The van der Waals surface area contributed by atoms with Crippen LogP contribution in [0.25, 0.3) is 0 Å². The summed E-state index contributed by atoms with van der Waals surface area (Å²) in [4.78, 5) is 12.9. The Kier molecular flexibility index (Phi) is 4.12. The topological polar surface area (TPSA) is 52.6 Å². The van der Waals surface area contributed by atoms with Crippen molar-refractivity contribution in [3.05, 3.63) is 29.8 Å². The number of carboxylic acids is 1. The first kappa shape index (κ1) is 11.5. The van der Waals surface area contributed by atoms with E-state index >= 15 is 0 Å². The normalized spacial score (nSPS) is 10.3. The minimum atomic E-state index is -0.900. The molecule has 1 rings (SSSR count). The molecule has 1 aromatic rings. The summed E-state index contributed by atoms with van der Waals surface area (Å²) < 4.78 is 0. The third-order valence-corrected chi connectivity index (χ3v) is 2.03. The molecule has 0 spiro atoms. The van der Waals surface area contributed by atoms with E-state index in [1.807, 2.05) is 25.1 Å². The van der Waals surface area contributed by atoms with Gasteiger partial charge in [-0.2, -0.15) is 0 Å². The van der Waals surface area contributed by atoms with Crippen molar-refractivity contribution >= 4 is 11.7 Å². The molecule has 0 heterocycles. The summed E-state index contributed by atoms with van der Waals surface area (Å²) in [5.74, 6) is -0.900. The van der Waals surface area contributed by atoms with Crippen molar-refractivity contribution in [3.8, 4) is 0 Å². The highest BCUT2D eigenvalue weighted by molar-refractivity contribution is 5.94. The molecule has 0 saturated heterocycles. The Morgan fingerprint density at radius 3 is 2.67 bits per heavy atom. The van der Waals surface area contributed by atoms with E-state index in [1.165, 1.54) is 0 Å². The molecule has 0 aromatic heterocycles. The van der Waals surface area contributed by atoms with Crippen molar-refractivity contribution in [2.75, 3.05) is 32.5 Å². The van der Waals surface area contributed by atoms with Gasteiger partial charge >= 0.3 is 5.97 Å². The summed E-state index contributed by atoms with van der Waals surface area (Å²) in [6.07, 6.45) is 0. The van der Waals surface area contributed by atoms with Gasteiger partial charge in [-0.25, -0.2) is 4.79 Å². The summed E-state index contributed by atoms with van der Waals surface area (Å²) in [6, 6.07) is 6.92. The average Bonchev–Trinajstić information content (AvgIpc) is 2.17. The van der Waals surface area contributed by atoms with Gasteiger partial charge in [-0.05, 0) is 26.2 Å². The van der Waals surface area contributed by atoms with Crippen LogP contribution in [-0.2, 0) is 0 Å². The van der Waals surface area contributed by atoms with Gasteiger partial charge in [-0.1, -0.05) is 12.1 Å². The highest BCUT2D eigenvalue weighted by Crippen LogP contribution is 2.14. The number of likely N-dealkylation sites (N-methyl/N-ethyl adjacent to an activating group) is 1. The number of nitrogens with one attached hydrogen (secondary N) is 1. The first-order valence-corrected chi connectivity index (χ1v) is 4.82. The molecule has 0 saturated carbocycles. The maximum atomic E-state index is 10.9. The van der Waals surface area contributed by atoms with Crippen molar-refractivity contribution in [2.45, 2.75) is 0 Å². The number of aromatic carboxylic acids is 1. The molecule has 82 valence electrons. The Hall–Kier alpha value is -1.55. The van der Waals surface area contributed by atoms with Gasteiger partial charge in [0.1, 0.15) is 0 Å². The second-order valence-corrected chi connectivity index (χ2v) is 3.58. The van der Waals surface area contributed by atoms with Gasteiger partial charge in [0.25, 0.3) is 0 Å². The van der Waals surface area contributed by atoms with Gasteiger partial charge in [-0.3, -0.25) is 0 Å². The van der Waals surface area contributed by atoms with Gasteiger partial charge in [0.15, 0.2) is 0 Å². The summed E-state index contributed by atoms with van der Waals surface area (Å²) in [7, 11) is 3.95. The molecule has 0 atom stereocenters. The minimum Gasteiger partial charge on any atom is -0.478 e. The molecule has 0 aliphatic rings. The number of carboxylic acid groups (broad SMARTS) is 1. The molecule has 15 heavy (non-hydrogen) atoms. The van der Waals surface area contributed by atoms with E-state index in [0.717, 1.165) is 13.1 Å². The molecule has 0 aliphatic heterocycles. The van der Waals surface area contributed by atoms with E-state index in [0.29, 0.717) is 11.3 Å². The van der Waals surface area contributed by atoms with Crippen LogP contribution in [0.15, 0.2) is 24.3 Å². The van der Waals surface area contributed by atoms with Crippen LogP contribution in [0.1, 0.15) is 10.4 Å². The molecule has 0 aliphatic carbocycles. The summed E-state index contributed by atoms with van der Waals surface area (Å²) in [5, 5.41) is 12.0. The maximum absolute atomic E-state index is 10.9. The first-order valence-electron chi connectivity index (χ1n) is 4.82. The monoisotopic (exact) mass is 208 g/mol. The fraction of sp³-hybridized carbons (Fsp3) is 0.364. The minimum absolute atomic E-state index is 0.316. The van der Waals surface area contributed by atoms with E-state index in [2.05, 4.69) is 5.32 Å². The highest BCUT2D eigenvalue weighted by Gasteiger charge is 2.07. The third kappa shape index (κ3) is 3.59. The van der Waals surface area contributed by atoms with E-state index in [4.69, 9.17) is 5.11 Å².